The molecule has 20 heavy (non-hydrogen) atoms. The Morgan fingerprint density at radius 3 is 2.90 bits per heavy atom. The Kier molecular flexibility index (Phi) is 6.82. The lowest BCUT2D eigenvalue weighted by atomic mass is 10.1. The van der Waals surface area contributed by atoms with Crippen LogP contribution in [0.25, 0.3) is 0 Å². The van der Waals surface area contributed by atoms with E-state index in [2.05, 4.69) is 10.6 Å². The number of hydrogen-bond acceptors (Lipinski definition) is 3. The smallest absolute Gasteiger partial charge is 0.251 e. The van der Waals surface area contributed by atoms with E-state index >= 15 is 0 Å². The molecule has 1 saturated heterocycles. The summed E-state index contributed by atoms with van der Waals surface area (Å²) in [6.45, 7) is 1.85. The van der Waals surface area contributed by atoms with E-state index in [-0.39, 0.29) is 18.3 Å². The molecular weight excluding hydrogens is 274 g/mol. The van der Waals surface area contributed by atoms with Crippen LogP contribution in [0.5, 0.6) is 0 Å². The fourth-order valence-corrected chi connectivity index (χ4v) is 2.39. The first-order valence-corrected chi connectivity index (χ1v) is 6.96. The molecule has 112 valence electrons. The van der Waals surface area contributed by atoms with Crippen LogP contribution in [-0.4, -0.2) is 39.1 Å². The van der Waals surface area contributed by atoms with E-state index < -0.39 is 0 Å². The largest absolute Gasteiger partial charge is 0.378 e. The van der Waals surface area contributed by atoms with Crippen molar-refractivity contribution in [3.8, 4) is 0 Å². The number of anilines is 1. The standard InChI is InChI=1S/C15H23N3O.ClH/c1-18(2)14-7-3-5-12(11-14)15(19)17-10-8-13-6-4-9-16-13;/h3,5,7,11,13,16H,4,6,8-10H2,1-2H3,(H,17,19);1H/t13-;/m1./s1. The van der Waals surface area contributed by atoms with Crippen LogP contribution in [0.4, 0.5) is 5.69 Å². The monoisotopic (exact) mass is 297 g/mol. The maximum absolute atomic E-state index is 12.0. The number of hydrogen-bond donors (Lipinski definition) is 2. The summed E-state index contributed by atoms with van der Waals surface area (Å²) in [5.74, 6) is 0.0155. The predicted octanol–water partition coefficient (Wildman–Crippen LogP) is 2.05. The Balaban J connectivity index is 0.00000200. The molecule has 1 atom stereocenters. The third-order valence-corrected chi connectivity index (χ3v) is 3.57. The van der Waals surface area contributed by atoms with Crippen LogP contribution in [0.1, 0.15) is 29.6 Å². The quantitative estimate of drug-likeness (QED) is 0.874. The first kappa shape index (κ1) is 16.8. The van der Waals surface area contributed by atoms with E-state index in [4.69, 9.17) is 0 Å². The van der Waals surface area contributed by atoms with Crippen LogP contribution in [0, 0.1) is 0 Å². The molecule has 1 aromatic rings. The summed E-state index contributed by atoms with van der Waals surface area (Å²) < 4.78 is 0. The SMILES string of the molecule is CN(C)c1cccc(C(=O)NCC[C@H]2CCCN2)c1.Cl. The molecule has 1 amide bonds. The second-order valence-corrected chi connectivity index (χ2v) is 5.28. The minimum absolute atomic E-state index is 0. The van der Waals surface area contributed by atoms with E-state index in [0.717, 1.165) is 30.8 Å². The van der Waals surface area contributed by atoms with Crippen molar-refractivity contribution in [2.45, 2.75) is 25.3 Å². The molecule has 1 aliphatic rings. The Labute approximate surface area is 127 Å². The highest BCUT2D eigenvalue weighted by Gasteiger charge is 2.14. The van der Waals surface area contributed by atoms with Gasteiger partial charge in [-0.1, -0.05) is 6.07 Å². The normalized spacial score (nSPS) is 17.4. The number of nitrogens with one attached hydrogen (secondary N) is 2. The van der Waals surface area contributed by atoms with Gasteiger partial charge in [-0.15, -0.1) is 12.4 Å². The van der Waals surface area contributed by atoms with Crippen molar-refractivity contribution < 1.29 is 4.79 Å². The van der Waals surface area contributed by atoms with Crippen molar-refractivity contribution in [3.05, 3.63) is 29.8 Å². The van der Waals surface area contributed by atoms with Gasteiger partial charge < -0.3 is 15.5 Å². The van der Waals surface area contributed by atoms with Crippen LogP contribution in [0.2, 0.25) is 0 Å². The summed E-state index contributed by atoms with van der Waals surface area (Å²) in [7, 11) is 3.95. The summed E-state index contributed by atoms with van der Waals surface area (Å²) >= 11 is 0. The average Bonchev–Trinajstić information content (AvgIpc) is 2.92. The zero-order valence-corrected chi connectivity index (χ0v) is 13.0. The fraction of sp³-hybridized carbons (Fsp3) is 0.533. The van der Waals surface area contributed by atoms with Crippen LogP contribution in [0.3, 0.4) is 0 Å². The van der Waals surface area contributed by atoms with Gasteiger partial charge in [0.25, 0.3) is 5.91 Å². The molecule has 2 rings (SSSR count). The van der Waals surface area contributed by atoms with Crippen LogP contribution in [-0.2, 0) is 0 Å². The number of rotatable bonds is 5. The molecule has 5 heteroatoms. The number of nitrogens with zero attached hydrogens (tertiary/aromatic N) is 1. The van der Waals surface area contributed by atoms with Crippen LogP contribution >= 0.6 is 12.4 Å². The molecule has 0 radical (unpaired) electrons. The predicted molar refractivity (Wildman–Crippen MR) is 86.0 cm³/mol. The van der Waals surface area contributed by atoms with Gasteiger partial charge in [-0.2, -0.15) is 0 Å². The topological polar surface area (TPSA) is 44.4 Å². The lowest BCUT2D eigenvalue weighted by Crippen LogP contribution is -2.30. The molecule has 0 saturated carbocycles. The van der Waals surface area contributed by atoms with Gasteiger partial charge in [0.15, 0.2) is 0 Å². The molecule has 1 fully saturated rings. The minimum Gasteiger partial charge on any atom is -0.378 e. The van der Waals surface area contributed by atoms with Crippen molar-refractivity contribution in [2.75, 3.05) is 32.1 Å². The molecule has 0 bridgehead atoms. The lowest BCUT2D eigenvalue weighted by molar-refractivity contribution is 0.0952. The second kappa shape index (κ2) is 8.12. The third kappa shape index (κ3) is 4.69. The van der Waals surface area contributed by atoms with E-state index in [1.807, 2.05) is 43.3 Å². The van der Waals surface area contributed by atoms with E-state index in [0.29, 0.717) is 6.04 Å². The second-order valence-electron chi connectivity index (χ2n) is 5.28. The molecule has 1 aliphatic heterocycles. The molecule has 0 unspecified atom stereocenters. The zero-order valence-electron chi connectivity index (χ0n) is 12.2. The summed E-state index contributed by atoms with van der Waals surface area (Å²) in [5.41, 5.74) is 1.77. The number of benzene rings is 1. The Bertz CT molecular complexity index is 431. The first-order chi connectivity index (χ1) is 9.16. The van der Waals surface area contributed by atoms with Gasteiger partial charge in [0.05, 0.1) is 0 Å². The summed E-state index contributed by atoms with van der Waals surface area (Å²) in [5, 5.41) is 6.43. The average molecular weight is 298 g/mol. The van der Waals surface area contributed by atoms with Crippen molar-refractivity contribution in [1.82, 2.24) is 10.6 Å². The number of halogens is 1. The highest BCUT2D eigenvalue weighted by atomic mass is 35.5. The van der Waals surface area contributed by atoms with Gasteiger partial charge in [-0.25, -0.2) is 0 Å². The number of carbonyl (C=O) groups excluding carboxylic acids is 1. The summed E-state index contributed by atoms with van der Waals surface area (Å²) in [6, 6.07) is 8.27. The first-order valence-electron chi connectivity index (χ1n) is 6.96. The van der Waals surface area contributed by atoms with E-state index in [1.165, 1.54) is 12.8 Å². The summed E-state index contributed by atoms with van der Waals surface area (Å²) in [6.07, 6.45) is 3.49. The van der Waals surface area contributed by atoms with Crippen molar-refractivity contribution in [1.29, 1.82) is 0 Å². The number of carbonyl (C=O) groups is 1. The molecule has 0 spiro atoms. The van der Waals surface area contributed by atoms with Gasteiger partial charge in [0, 0.05) is 37.9 Å². The molecule has 1 heterocycles. The van der Waals surface area contributed by atoms with E-state index in [1.54, 1.807) is 0 Å². The zero-order chi connectivity index (χ0) is 13.7. The van der Waals surface area contributed by atoms with Gasteiger partial charge in [-0.05, 0) is 44.0 Å². The van der Waals surface area contributed by atoms with Gasteiger partial charge in [0.1, 0.15) is 0 Å². The molecule has 4 nitrogen and oxygen atoms in total. The Morgan fingerprint density at radius 1 is 1.45 bits per heavy atom. The van der Waals surface area contributed by atoms with Crippen molar-refractivity contribution in [3.63, 3.8) is 0 Å². The van der Waals surface area contributed by atoms with Crippen molar-refractivity contribution >= 4 is 24.0 Å². The number of amides is 1. The highest BCUT2D eigenvalue weighted by molar-refractivity contribution is 5.95. The van der Waals surface area contributed by atoms with Crippen LogP contribution < -0.4 is 15.5 Å². The maximum Gasteiger partial charge on any atom is 0.251 e. The van der Waals surface area contributed by atoms with Crippen LogP contribution in [0.15, 0.2) is 24.3 Å². The molecular formula is C15H24ClN3O. The third-order valence-electron chi connectivity index (χ3n) is 3.57. The lowest BCUT2D eigenvalue weighted by Gasteiger charge is -2.14. The maximum atomic E-state index is 12.0. The molecule has 2 N–H and O–H groups in total. The van der Waals surface area contributed by atoms with Gasteiger partial charge in [-0.3, -0.25) is 4.79 Å². The molecule has 0 aromatic heterocycles. The highest BCUT2D eigenvalue weighted by Crippen LogP contribution is 2.13. The van der Waals surface area contributed by atoms with Gasteiger partial charge >= 0.3 is 0 Å². The minimum atomic E-state index is 0. The summed E-state index contributed by atoms with van der Waals surface area (Å²) in [4.78, 5) is 14.0. The fourth-order valence-electron chi connectivity index (χ4n) is 2.39. The Morgan fingerprint density at radius 2 is 2.25 bits per heavy atom. The molecule has 1 aromatic carbocycles. The Hall–Kier alpha value is -1.26. The molecule has 0 aliphatic carbocycles. The van der Waals surface area contributed by atoms with Crippen molar-refractivity contribution in [2.24, 2.45) is 0 Å². The van der Waals surface area contributed by atoms with E-state index in [9.17, 15) is 4.79 Å². The van der Waals surface area contributed by atoms with Gasteiger partial charge in [0.2, 0.25) is 0 Å².